The monoisotopic (exact) mass is 200 g/mol. The molecule has 1 atom stereocenters. The second-order valence-electron chi connectivity index (χ2n) is 3.62. The van der Waals surface area contributed by atoms with Gasteiger partial charge in [0, 0.05) is 6.42 Å². The zero-order chi connectivity index (χ0) is 11.1. The molecule has 0 unspecified atom stereocenters. The first kappa shape index (κ1) is 13.1. The molecule has 0 fully saturated rings. The van der Waals surface area contributed by atoms with Crippen molar-refractivity contribution < 1.29 is 9.59 Å². The highest BCUT2D eigenvalue weighted by molar-refractivity contribution is 5.88. The number of hydrogen-bond acceptors (Lipinski definition) is 3. The number of carbonyl (C=O) groups is 2. The molecule has 0 aromatic heterocycles. The Kier molecular flexibility index (Phi) is 6.12. The molecule has 14 heavy (non-hydrogen) atoms. The third-order valence-electron chi connectivity index (χ3n) is 2.11. The summed E-state index contributed by atoms with van der Waals surface area (Å²) in [5.74, 6) is 0.165. The lowest BCUT2D eigenvalue weighted by atomic mass is 10.0. The molecule has 1 amide bonds. The van der Waals surface area contributed by atoms with E-state index in [2.05, 4.69) is 10.6 Å². The van der Waals surface area contributed by atoms with Crippen molar-refractivity contribution in [1.29, 1.82) is 0 Å². The van der Waals surface area contributed by atoms with E-state index < -0.39 is 0 Å². The quantitative estimate of drug-likeness (QED) is 0.649. The molecule has 4 nitrogen and oxygen atoms in total. The van der Waals surface area contributed by atoms with E-state index in [0.717, 1.165) is 0 Å². The number of rotatable bonds is 6. The number of ketones is 1. The highest BCUT2D eigenvalue weighted by atomic mass is 16.2. The minimum atomic E-state index is -0.223. The predicted molar refractivity (Wildman–Crippen MR) is 56.0 cm³/mol. The van der Waals surface area contributed by atoms with Gasteiger partial charge in [-0.05, 0) is 13.0 Å². The summed E-state index contributed by atoms with van der Waals surface area (Å²) in [4.78, 5) is 22.5. The Hall–Kier alpha value is -0.900. The van der Waals surface area contributed by atoms with Gasteiger partial charge in [0.25, 0.3) is 0 Å². The minimum Gasteiger partial charge on any atom is -0.348 e. The Morgan fingerprint density at radius 3 is 2.21 bits per heavy atom. The first-order valence-corrected chi connectivity index (χ1v) is 4.99. The van der Waals surface area contributed by atoms with E-state index in [1.165, 1.54) is 0 Å². The molecule has 0 aliphatic rings. The molecule has 0 radical (unpaired) electrons. The molecule has 0 aliphatic carbocycles. The lowest BCUT2D eigenvalue weighted by Gasteiger charge is -2.18. The van der Waals surface area contributed by atoms with Crippen LogP contribution in [0.3, 0.4) is 0 Å². The topological polar surface area (TPSA) is 58.2 Å². The van der Waals surface area contributed by atoms with Gasteiger partial charge < -0.3 is 10.6 Å². The fraction of sp³-hybridized carbons (Fsp3) is 0.800. The molecule has 0 saturated carbocycles. The Morgan fingerprint density at radius 1 is 1.29 bits per heavy atom. The van der Waals surface area contributed by atoms with Crippen LogP contribution >= 0.6 is 0 Å². The molecule has 0 heterocycles. The minimum absolute atomic E-state index is 0.0527. The van der Waals surface area contributed by atoms with Crippen LogP contribution in [0.5, 0.6) is 0 Å². The van der Waals surface area contributed by atoms with Gasteiger partial charge in [-0.15, -0.1) is 0 Å². The van der Waals surface area contributed by atoms with Crippen molar-refractivity contribution in [1.82, 2.24) is 10.6 Å². The van der Waals surface area contributed by atoms with E-state index in [1.54, 1.807) is 14.0 Å². The Morgan fingerprint density at radius 2 is 1.86 bits per heavy atom. The van der Waals surface area contributed by atoms with Gasteiger partial charge >= 0.3 is 0 Å². The standard InChI is InChI=1S/C10H20N2O2/c1-5-8(13)6-12-10(14)9(11-4)7(2)3/h7,9,11H,5-6H2,1-4H3,(H,12,14)/t9-/m0/s1. The summed E-state index contributed by atoms with van der Waals surface area (Å²) in [7, 11) is 1.74. The maximum absolute atomic E-state index is 11.5. The summed E-state index contributed by atoms with van der Waals surface area (Å²) >= 11 is 0. The number of Topliss-reactive ketones (excluding diaryl/α,β-unsaturated/α-hetero) is 1. The average Bonchev–Trinajstić information content (AvgIpc) is 2.14. The Balaban J connectivity index is 3.99. The van der Waals surface area contributed by atoms with Gasteiger partial charge in [-0.2, -0.15) is 0 Å². The average molecular weight is 200 g/mol. The smallest absolute Gasteiger partial charge is 0.237 e. The fourth-order valence-electron chi connectivity index (χ4n) is 1.19. The fourth-order valence-corrected chi connectivity index (χ4v) is 1.19. The summed E-state index contributed by atoms with van der Waals surface area (Å²) in [6.07, 6.45) is 0.464. The molecule has 0 aromatic carbocycles. The van der Waals surface area contributed by atoms with Crippen LogP contribution in [0.4, 0.5) is 0 Å². The maximum atomic E-state index is 11.5. The Bertz CT molecular complexity index is 202. The largest absolute Gasteiger partial charge is 0.348 e. The lowest BCUT2D eigenvalue weighted by molar-refractivity contribution is -0.127. The maximum Gasteiger partial charge on any atom is 0.237 e. The van der Waals surface area contributed by atoms with E-state index in [4.69, 9.17) is 0 Å². The highest BCUT2D eigenvalue weighted by Crippen LogP contribution is 2.00. The number of nitrogens with one attached hydrogen (secondary N) is 2. The number of hydrogen-bond donors (Lipinski definition) is 2. The van der Waals surface area contributed by atoms with Crippen LogP contribution < -0.4 is 10.6 Å². The van der Waals surface area contributed by atoms with Crippen LogP contribution in [-0.4, -0.2) is 31.3 Å². The van der Waals surface area contributed by atoms with Crippen molar-refractivity contribution in [2.24, 2.45) is 5.92 Å². The van der Waals surface area contributed by atoms with E-state index in [1.807, 2.05) is 13.8 Å². The van der Waals surface area contributed by atoms with Crippen molar-refractivity contribution in [3.8, 4) is 0 Å². The summed E-state index contributed by atoms with van der Waals surface area (Å²) in [5.41, 5.74) is 0. The molecule has 0 bridgehead atoms. The molecule has 2 N–H and O–H groups in total. The second kappa shape index (κ2) is 6.54. The zero-order valence-electron chi connectivity index (χ0n) is 9.39. The second-order valence-corrected chi connectivity index (χ2v) is 3.62. The predicted octanol–water partition coefficient (Wildman–Crippen LogP) is 0.326. The van der Waals surface area contributed by atoms with E-state index >= 15 is 0 Å². The normalized spacial score (nSPS) is 12.6. The SMILES string of the molecule is CCC(=O)CNC(=O)[C@@H](NC)C(C)C. The molecule has 0 aliphatic heterocycles. The third-order valence-corrected chi connectivity index (χ3v) is 2.11. The molecule has 82 valence electrons. The van der Waals surface area contributed by atoms with E-state index in [0.29, 0.717) is 6.42 Å². The summed E-state index contributed by atoms with van der Waals surface area (Å²) in [6, 6.07) is -0.223. The van der Waals surface area contributed by atoms with Gasteiger partial charge in [-0.3, -0.25) is 9.59 Å². The van der Waals surface area contributed by atoms with Crippen molar-refractivity contribution in [3.63, 3.8) is 0 Å². The molecule has 0 rings (SSSR count). The molecular formula is C10H20N2O2. The van der Waals surface area contributed by atoms with Gasteiger partial charge in [0.1, 0.15) is 0 Å². The van der Waals surface area contributed by atoms with Crippen LogP contribution in [0, 0.1) is 5.92 Å². The molecular weight excluding hydrogens is 180 g/mol. The summed E-state index contributed by atoms with van der Waals surface area (Å²) < 4.78 is 0. The van der Waals surface area contributed by atoms with Crippen molar-refractivity contribution in [2.75, 3.05) is 13.6 Å². The molecule has 0 spiro atoms. The van der Waals surface area contributed by atoms with Crippen LogP contribution in [0.1, 0.15) is 27.2 Å². The Labute approximate surface area is 85.4 Å². The molecule has 0 aromatic rings. The van der Waals surface area contributed by atoms with Crippen molar-refractivity contribution in [2.45, 2.75) is 33.2 Å². The van der Waals surface area contributed by atoms with Gasteiger partial charge in [0.2, 0.25) is 5.91 Å². The van der Waals surface area contributed by atoms with E-state index in [-0.39, 0.29) is 30.2 Å². The number of amides is 1. The summed E-state index contributed by atoms with van der Waals surface area (Å²) in [5, 5.41) is 5.53. The van der Waals surface area contributed by atoms with Gasteiger partial charge in [-0.25, -0.2) is 0 Å². The van der Waals surface area contributed by atoms with Gasteiger partial charge in [0.05, 0.1) is 12.6 Å². The van der Waals surface area contributed by atoms with Crippen molar-refractivity contribution in [3.05, 3.63) is 0 Å². The number of carbonyl (C=O) groups excluding carboxylic acids is 2. The highest BCUT2D eigenvalue weighted by Gasteiger charge is 2.19. The summed E-state index contributed by atoms with van der Waals surface area (Å²) in [6.45, 7) is 5.84. The van der Waals surface area contributed by atoms with E-state index in [9.17, 15) is 9.59 Å². The molecule has 0 saturated heterocycles. The zero-order valence-corrected chi connectivity index (χ0v) is 9.39. The van der Waals surface area contributed by atoms with Gasteiger partial charge in [-0.1, -0.05) is 20.8 Å². The van der Waals surface area contributed by atoms with Crippen LogP contribution in [-0.2, 0) is 9.59 Å². The van der Waals surface area contributed by atoms with Crippen LogP contribution in [0.25, 0.3) is 0 Å². The lowest BCUT2D eigenvalue weighted by Crippen LogP contribution is -2.47. The van der Waals surface area contributed by atoms with Gasteiger partial charge in [0.15, 0.2) is 5.78 Å². The first-order valence-electron chi connectivity index (χ1n) is 4.99. The van der Waals surface area contributed by atoms with Crippen molar-refractivity contribution >= 4 is 11.7 Å². The van der Waals surface area contributed by atoms with Crippen LogP contribution in [0.2, 0.25) is 0 Å². The molecule has 4 heteroatoms. The van der Waals surface area contributed by atoms with Crippen LogP contribution in [0.15, 0.2) is 0 Å². The number of likely N-dealkylation sites (N-methyl/N-ethyl adjacent to an activating group) is 1. The third kappa shape index (κ3) is 4.37. The first-order chi connectivity index (χ1) is 6.52.